The highest BCUT2D eigenvalue weighted by molar-refractivity contribution is 6.06. The third-order valence-corrected chi connectivity index (χ3v) is 8.60. The molecule has 0 aliphatic heterocycles. The smallest absolute Gasteiger partial charge is 0.116 e. The van der Waals surface area contributed by atoms with E-state index < -0.39 is 0 Å². The summed E-state index contributed by atoms with van der Waals surface area (Å²) in [7, 11) is 0. The summed E-state index contributed by atoms with van der Waals surface area (Å²) in [6, 6.07) is 45.2. The monoisotopic (exact) mass is 670 g/mol. The lowest BCUT2D eigenvalue weighted by Crippen LogP contribution is -1.82. The lowest BCUT2D eigenvalue weighted by atomic mass is 10.1. The normalized spacial score (nSPS) is 10.7. The third kappa shape index (κ3) is 7.03. The molecule has 11 aromatic rings. The van der Waals surface area contributed by atoms with E-state index in [1.807, 2.05) is 91.5 Å². The van der Waals surface area contributed by atoms with Crippen LogP contribution >= 0.6 is 0 Å². The number of rotatable bonds is 0. The largest absolute Gasteiger partial charge is 0.244 e. The third-order valence-electron chi connectivity index (χ3n) is 8.60. The minimum atomic E-state index is 0.998. The summed E-state index contributed by atoms with van der Waals surface area (Å²) in [5.74, 6) is 0. The van der Waals surface area contributed by atoms with E-state index in [1.165, 1.54) is 32.3 Å². The van der Waals surface area contributed by atoms with Gasteiger partial charge in [0.1, 0.15) is 25.3 Å². The molecule has 0 radical (unpaired) electrons. The van der Waals surface area contributed by atoms with Gasteiger partial charge in [-0.3, -0.25) is 0 Å². The van der Waals surface area contributed by atoms with Crippen LogP contribution < -0.4 is 0 Å². The Hall–Kier alpha value is -7.32. The quantitative estimate of drug-likeness (QED) is 0.116. The Morgan fingerprint density at radius 2 is 0.769 bits per heavy atom. The van der Waals surface area contributed by atoms with Crippen molar-refractivity contribution >= 4 is 75.9 Å². The van der Waals surface area contributed by atoms with Gasteiger partial charge in [-0.1, -0.05) is 109 Å². The number of fused-ring (bicyclic) bond motifs is 9. The molecule has 0 amide bonds. The second-order valence-electron chi connectivity index (χ2n) is 11.9. The maximum absolute atomic E-state index is 4.30. The maximum Gasteiger partial charge on any atom is 0.116 e. The molecule has 0 saturated carbocycles. The zero-order valence-corrected chi connectivity index (χ0v) is 27.9. The summed E-state index contributed by atoms with van der Waals surface area (Å²) >= 11 is 0. The van der Waals surface area contributed by atoms with Crippen molar-refractivity contribution in [2.24, 2.45) is 0 Å². The fourth-order valence-electron chi connectivity index (χ4n) is 6.05. The van der Waals surface area contributed by atoms with Crippen LogP contribution in [0.5, 0.6) is 0 Å². The molecule has 0 saturated heterocycles. The molecule has 4 heterocycles. The summed E-state index contributed by atoms with van der Waals surface area (Å²) in [5.41, 5.74) is 4.02. The Kier molecular flexibility index (Phi) is 9.25. The van der Waals surface area contributed by atoms with Crippen molar-refractivity contribution < 1.29 is 0 Å². The second-order valence-corrected chi connectivity index (χ2v) is 11.9. The SMILES string of the molecule is c1ccc2c(c1)ccc1cncnc12.c1ccc2c(c1)ccc1ncncc12.c1ccc2cc3ncncc3cc2c1.c1ccc2ncncc2c1. The molecule has 0 unspecified atom stereocenters. The Labute approximate surface area is 298 Å². The zero-order valence-electron chi connectivity index (χ0n) is 27.9. The lowest BCUT2D eigenvalue weighted by Gasteiger charge is -2.00. The Morgan fingerprint density at radius 3 is 1.54 bits per heavy atom. The molecular formula is C44H30N8. The van der Waals surface area contributed by atoms with Crippen LogP contribution in [-0.2, 0) is 0 Å². The van der Waals surface area contributed by atoms with Gasteiger partial charge in [-0.15, -0.1) is 0 Å². The molecule has 0 aliphatic carbocycles. The maximum atomic E-state index is 4.30. The molecule has 0 N–H and O–H groups in total. The Morgan fingerprint density at radius 1 is 0.269 bits per heavy atom. The van der Waals surface area contributed by atoms with Crippen LogP contribution in [0.4, 0.5) is 0 Å². The average molecular weight is 671 g/mol. The van der Waals surface area contributed by atoms with Gasteiger partial charge in [0.25, 0.3) is 0 Å². The van der Waals surface area contributed by atoms with E-state index in [0.29, 0.717) is 0 Å². The molecule has 0 fully saturated rings. The molecule has 246 valence electrons. The van der Waals surface area contributed by atoms with Gasteiger partial charge in [0, 0.05) is 51.7 Å². The van der Waals surface area contributed by atoms with Gasteiger partial charge in [-0.25, -0.2) is 39.9 Å². The number of para-hydroxylation sites is 1. The van der Waals surface area contributed by atoms with Crippen molar-refractivity contribution in [3.63, 3.8) is 0 Å². The van der Waals surface area contributed by atoms with E-state index in [0.717, 1.165) is 43.6 Å². The predicted molar refractivity (Wildman–Crippen MR) is 211 cm³/mol. The summed E-state index contributed by atoms with van der Waals surface area (Å²) < 4.78 is 0. The van der Waals surface area contributed by atoms with Crippen molar-refractivity contribution in [1.29, 1.82) is 0 Å². The van der Waals surface area contributed by atoms with E-state index >= 15 is 0 Å². The van der Waals surface area contributed by atoms with Crippen LogP contribution in [0.3, 0.4) is 0 Å². The molecule has 0 spiro atoms. The number of hydrogen-bond acceptors (Lipinski definition) is 8. The highest BCUT2D eigenvalue weighted by atomic mass is 14.8. The van der Waals surface area contributed by atoms with Crippen LogP contribution in [0.15, 0.2) is 184 Å². The molecule has 4 aromatic heterocycles. The summed E-state index contributed by atoms with van der Waals surface area (Å²) in [5, 5.41) is 11.7. The standard InChI is InChI=1S/3C12H8N2.C8H6N2/c1-2-4-10-6-12-11(5-9(10)3-1)7-13-8-14-12;1-2-4-11-9(3-1)5-6-10-7-13-8-14-12(10)11;1-2-4-10-9(3-1)5-6-12-11(10)7-13-8-14-12;1-2-4-8-7(3-1)5-9-6-10-8/h3*1-8H;1-6H. The molecule has 0 bridgehead atoms. The first-order valence-corrected chi connectivity index (χ1v) is 16.7. The zero-order chi connectivity index (χ0) is 35.0. The number of hydrogen-bond donors (Lipinski definition) is 0. The van der Waals surface area contributed by atoms with Gasteiger partial charge < -0.3 is 0 Å². The molecule has 52 heavy (non-hydrogen) atoms. The summed E-state index contributed by atoms with van der Waals surface area (Å²) in [4.78, 5) is 32.8. The molecule has 11 rings (SSSR count). The number of nitrogens with zero attached hydrogens (tertiary/aromatic N) is 8. The van der Waals surface area contributed by atoms with Gasteiger partial charge in [0.2, 0.25) is 0 Å². The van der Waals surface area contributed by atoms with E-state index in [4.69, 9.17) is 0 Å². The first kappa shape index (κ1) is 31.9. The van der Waals surface area contributed by atoms with Crippen LogP contribution in [-0.4, -0.2) is 39.9 Å². The molecule has 8 nitrogen and oxygen atoms in total. The van der Waals surface area contributed by atoms with Crippen molar-refractivity contribution in [3.8, 4) is 0 Å². The first-order valence-electron chi connectivity index (χ1n) is 16.7. The molecule has 0 atom stereocenters. The minimum Gasteiger partial charge on any atom is -0.244 e. The number of aromatic nitrogens is 8. The van der Waals surface area contributed by atoms with E-state index in [9.17, 15) is 0 Å². The molecule has 8 heteroatoms. The van der Waals surface area contributed by atoms with Crippen molar-refractivity contribution in [1.82, 2.24) is 39.9 Å². The summed E-state index contributed by atoms with van der Waals surface area (Å²) in [6.07, 6.45) is 13.7. The van der Waals surface area contributed by atoms with Gasteiger partial charge in [0.05, 0.1) is 22.1 Å². The fourth-order valence-corrected chi connectivity index (χ4v) is 6.05. The fraction of sp³-hybridized carbons (Fsp3) is 0. The van der Waals surface area contributed by atoms with Gasteiger partial charge >= 0.3 is 0 Å². The van der Waals surface area contributed by atoms with E-state index in [-0.39, 0.29) is 0 Å². The van der Waals surface area contributed by atoms with Crippen molar-refractivity contribution in [2.45, 2.75) is 0 Å². The Bertz CT molecular complexity index is 2530. The topological polar surface area (TPSA) is 103 Å². The predicted octanol–water partition coefficient (Wildman–Crippen LogP) is 9.98. The highest BCUT2D eigenvalue weighted by Crippen LogP contribution is 2.24. The van der Waals surface area contributed by atoms with Gasteiger partial charge in [0.15, 0.2) is 0 Å². The second kappa shape index (κ2) is 15.1. The van der Waals surface area contributed by atoms with Gasteiger partial charge in [-0.2, -0.15) is 0 Å². The van der Waals surface area contributed by atoms with Crippen molar-refractivity contribution in [3.05, 3.63) is 184 Å². The average Bonchev–Trinajstić information content (AvgIpc) is 3.23. The summed E-state index contributed by atoms with van der Waals surface area (Å²) in [6.45, 7) is 0. The number of benzene rings is 7. The van der Waals surface area contributed by atoms with Gasteiger partial charge in [-0.05, 0) is 51.2 Å². The minimum absolute atomic E-state index is 0.998. The van der Waals surface area contributed by atoms with E-state index in [2.05, 4.69) is 107 Å². The molecular weight excluding hydrogens is 641 g/mol. The highest BCUT2D eigenvalue weighted by Gasteiger charge is 2.01. The van der Waals surface area contributed by atoms with Crippen LogP contribution in [0.1, 0.15) is 0 Å². The molecule has 7 aromatic carbocycles. The van der Waals surface area contributed by atoms with Crippen LogP contribution in [0, 0.1) is 0 Å². The van der Waals surface area contributed by atoms with E-state index in [1.54, 1.807) is 25.3 Å². The first-order chi connectivity index (χ1) is 25.8. The van der Waals surface area contributed by atoms with Crippen LogP contribution in [0.25, 0.3) is 75.9 Å². The van der Waals surface area contributed by atoms with Crippen LogP contribution in [0.2, 0.25) is 0 Å². The molecule has 0 aliphatic rings. The Balaban J connectivity index is 0.0000001000. The lowest BCUT2D eigenvalue weighted by molar-refractivity contribution is 1.22. The van der Waals surface area contributed by atoms with Crippen molar-refractivity contribution in [2.75, 3.05) is 0 Å².